The van der Waals surface area contributed by atoms with Crippen molar-refractivity contribution in [1.29, 1.82) is 0 Å². The Kier molecular flexibility index (Phi) is 4.47. The molecule has 1 aromatic heterocycles. The summed E-state index contributed by atoms with van der Waals surface area (Å²) in [6, 6.07) is 1.74. The second-order valence-corrected chi connectivity index (χ2v) is 5.98. The van der Waals surface area contributed by atoms with E-state index in [1.165, 1.54) is 7.11 Å². The zero-order valence-electron chi connectivity index (χ0n) is 13.3. The third kappa shape index (κ3) is 3.14. The number of carbonyl (C=O) groups excluding carboxylic acids is 2. The number of nitrogens with zero attached hydrogens (tertiary/aromatic N) is 2. The van der Waals surface area contributed by atoms with Gasteiger partial charge in [0.25, 0.3) is 11.5 Å². The molecule has 7 heteroatoms. The van der Waals surface area contributed by atoms with Crippen LogP contribution in [0.2, 0.25) is 0 Å². The van der Waals surface area contributed by atoms with E-state index < -0.39 is 0 Å². The van der Waals surface area contributed by atoms with Crippen LogP contribution >= 0.6 is 0 Å². The van der Waals surface area contributed by atoms with Crippen LogP contribution in [0, 0.1) is 0 Å². The number of ether oxygens (including phenoxy) is 1. The van der Waals surface area contributed by atoms with Crippen molar-refractivity contribution < 1.29 is 14.3 Å². The van der Waals surface area contributed by atoms with Crippen molar-refractivity contribution in [3.8, 4) is 0 Å². The molecule has 0 bridgehead atoms. The van der Waals surface area contributed by atoms with E-state index in [2.05, 4.69) is 4.98 Å². The Bertz CT molecular complexity index is 674. The molecule has 2 heterocycles. The summed E-state index contributed by atoms with van der Waals surface area (Å²) in [6.07, 6.45) is 2.80. The van der Waals surface area contributed by atoms with Gasteiger partial charge in [0.2, 0.25) is 5.91 Å². The fraction of sp³-hybridized carbons (Fsp3) is 0.562. The first-order valence-electron chi connectivity index (χ1n) is 7.91. The number of H-pyrrole nitrogens is 1. The fourth-order valence-electron chi connectivity index (χ4n) is 3.22. The summed E-state index contributed by atoms with van der Waals surface area (Å²) in [5.74, 6) is -0.324. The van der Waals surface area contributed by atoms with Crippen LogP contribution in [-0.4, -0.2) is 66.5 Å². The number of aryl methyl sites for hydroxylation is 2. The predicted octanol–water partition coefficient (Wildman–Crippen LogP) is -0.206. The number of hydrogen-bond acceptors (Lipinski definition) is 4. The molecule has 1 aliphatic heterocycles. The van der Waals surface area contributed by atoms with Gasteiger partial charge in [0.05, 0.1) is 0 Å². The Morgan fingerprint density at radius 3 is 2.57 bits per heavy atom. The lowest BCUT2D eigenvalue weighted by molar-refractivity contribution is -0.136. The largest absolute Gasteiger partial charge is 0.375 e. The van der Waals surface area contributed by atoms with Crippen LogP contribution in [-0.2, 0) is 22.4 Å². The molecule has 1 aromatic rings. The van der Waals surface area contributed by atoms with Crippen molar-refractivity contribution in [3.63, 3.8) is 0 Å². The van der Waals surface area contributed by atoms with Crippen LogP contribution in [0.1, 0.15) is 28.0 Å². The molecule has 23 heavy (non-hydrogen) atoms. The van der Waals surface area contributed by atoms with Crippen LogP contribution in [0.25, 0.3) is 0 Å². The SMILES string of the molecule is COCC(=O)N1CCN(C(=O)c2cc3c([nH]c2=O)CCC3)CC1. The first kappa shape index (κ1) is 15.7. The molecular weight excluding hydrogens is 298 g/mol. The van der Waals surface area contributed by atoms with Crippen molar-refractivity contribution in [2.75, 3.05) is 39.9 Å². The van der Waals surface area contributed by atoms with E-state index in [-0.39, 0.29) is 29.5 Å². The molecule has 0 spiro atoms. The molecule has 0 aromatic carbocycles. The number of piperazine rings is 1. The number of rotatable bonds is 3. The molecule has 2 aliphatic rings. The van der Waals surface area contributed by atoms with Crippen molar-refractivity contribution in [3.05, 3.63) is 33.2 Å². The third-order valence-electron chi connectivity index (χ3n) is 4.51. The average Bonchev–Trinajstić information content (AvgIpc) is 3.01. The zero-order chi connectivity index (χ0) is 16.4. The minimum absolute atomic E-state index is 0.0540. The summed E-state index contributed by atoms with van der Waals surface area (Å²) in [4.78, 5) is 42.7. The van der Waals surface area contributed by atoms with Gasteiger partial charge >= 0.3 is 0 Å². The summed E-state index contributed by atoms with van der Waals surface area (Å²) in [6.45, 7) is 1.86. The number of aromatic nitrogens is 1. The summed E-state index contributed by atoms with van der Waals surface area (Å²) in [5.41, 5.74) is 1.93. The molecule has 1 saturated heterocycles. The second-order valence-electron chi connectivity index (χ2n) is 5.98. The van der Waals surface area contributed by atoms with Crippen LogP contribution in [0.3, 0.4) is 0 Å². The standard InChI is InChI=1S/C16H21N3O4/c1-23-10-14(20)18-5-7-19(8-6-18)16(22)12-9-11-3-2-4-13(11)17-15(12)21/h9H,2-8,10H2,1H3,(H,17,21). The molecule has 0 saturated carbocycles. The molecule has 0 atom stereocenters. The first-order chi connectivity index (χ1) is 11.1. The number of fused-ring (bicyclic) bond motifs is 1. The maximum Gasteiger partial charge on any atom is 0.261 e. The summed E-state index contributed by atoms with van der Waals surface area (Å²) < 4.78 is 4.84. The van der Waals surface area contributed by atoms with Gasteiger partial charge in [-0.05, 0) is 30.9 Å². The molecular formula is C16H21N3O4. The predicted molar refractivity (Wildman–Crippen MR) is 83.4 cm³/mol. The molecule has 3 rings (SSSR count). The zero-order valence-corrected chi connectivity index (χ0v) is 13.3. The Hall–Kier alpha value is -2.15. The highest BCUT2D eigenvalue weighted by Gasteiger charge is 2.27. The Morgan fingerprint density at radius 2 is 1.87 bits per heavy atom. The van der Waals surface area contributed by atoms with Gasteiger partial charge in [-0.15, -0.1) is 0 Å². The molecule has 0 radical (unpaired) electrons. The summed E-state index contributed by atoms with van der Waals surface area (Å²) in [5, 5.41) is 0. The van der Waals surface area contributed by atoms with Crippen LogP contribution in [0.15, 0.2) is 10.9 Å². The third-order valence-corrected chi connectivity index (χ3v) is 4.51. The summed E-state index contributed by atoms with van der Waals surface area (Å²) >= 11 is 0. The van der Waals surface area contributed by atoms with Gasteiger partial charge in [0, 0.05) is 39.0 Å². The Labute approximate surface area is 134 Å². The Morgan fingerprint density at radius 1 is 1.17 bits per heavy atom. The minimum atomic E-state index is -0.312. The van der Waals surface area contributed by atoms with Crippen molar-refractivity contribution in [2.45, 2.75) is 19.3 Å². The lowest BCUT2D eigenvalue weighted by Gasteiger charge is -2.34. The molecule has 0 unspecified atom stereocenters. The van der Waals surface area contributed by atoms with Gasteiger partial charge in [0.1, 0.15) is 12.2 Å². The lowest BCUT2D eigenvalue weighted by Crippen LogP contribution is -2.52. The molecule has 124 valence electrons. The molecule has 2 amide bonds. The van der Waals surface area contributed by atoms with Gasteiger partial charge in [-0.25, -0.2) is 0 Å². The van der Waals surface area contributed by atoms with Gasteiger partial charge in [-0.2, -0.15) is 0 Å². The van der Waals surface area contributed by atoms with Crippen molar-refractivity contribution in [1.82, 2.24) is 14.8 Å². The van der Waals surface area contributed by atoms with E-state index in [0.717, 1.165) is 30.5 Å². The first-order valence-corrected chi connectivity index (χ1v) is 7.91. The number of hydrogen-bond donors (Lipinski definition) is 1. The topological polar surface area (TPSA) is 82.7 Å². The van der Waals surface area contributed by atoms with Crippen molar-refractivity contribution >= 4 is 11.8 Å². The van der Waals surface area contributed by atoms with Gasteiger partial charge in [-0.3, -0.25) is 14.4 Å². The highest BCUT2D eigenvalue weighted by atomic mass is 16.5. The van der Waals surface area contributed by atoms with E-state index in [1.54, 1.807) is 15.9 Å². The van der Waals surface area contributed by atoms with Crippen LogP contribution in [0.4, 0.5) is 0 Å². The lowest BCUT2D eigenvalue weighted by atomic mass is 10.1. The van der Waals surface area contributed by atoms with Crippen LogP contribution < -0.4 is 5.56 Å². The van der Waals surface area contributed by atoms with E-state index in [0.29, 0.717) is 26.2 Å². The second kappa shape index (κ2) is 6.54. The number of amides is 2. The van der Waals surface area contributed by atoms with Gasteiger partial charge < -0.3 is 19.5 Å². The minimum Gasteiger partial charge on any atom is -0.375 e. The monoisotopic (exact) mass is 319 g/mol. The summed E-state index contributed by atoms with van der Waals surface area (Å²) in [7, 11) is 1.48. The van der Waals surface area contributed by atoms with E-state index in [1.807, 2.05) is 0 Å². The highest BCUT2D eigenvalue weighted by molar-refractivity contribution is 5.94. The maximum absolute atomic E-state index is 12.6. The van der Waals surface area contributed by atoms with E-state index >= 15 is 0 Å². The Balaban J connectivity index is 1.68. The number of nitrogens with one attached hydrogen (secondary N) is 1. The van der Waals surface area contributed by atoms with Gasteiger partial charge in [-0.1, -0.05) is 0 Å². The van der Waals surface area contributed by atoms with Crippen molar-refractivity contribution in [2.24, 2.45) is 0 Å². The number of methoxy groups -OCH3 is 1. The van der Waals surface area contributed by atoms with E-state index in [9.17, 15) is 14.4 Å². The quantitative estimate of drug-likeness (QED) is 0.836. The smallest absolute Gasteiger partial charge is 0.261 e. The van der Waals surface area contributed by atoms with E-state index in [4.69, 9.17) is 4.74 Å². The van der Waals surface area contributed by atoms with Crippen LogP contribution in [0.5, 0.6) is 0 Å². The molecule has 1 fully saturated rings. The fourth-order valence-corrected chi connectivity index (χ4v) is 3.22. The average molecular weight is 319 g/mol. The number of carbonyl (C=O) groups is 2. The van der Waals surface area contributed by atoms with Gasteiger partial charge in [0.15, 0.2) is 0 Å². The maximum atomic E-state index is 12.6. The number of aromatic amines is 1. The highest BCUT2D eigenvalue weighted by Crippen LogP contribution is 2.19. The number of pyridine rings is 1. The molecule has 1 N–H and O–H groups in total. The normalized spacial score (nSPS) is 17.3. The molecule has 1 aliphatic carbocycles. The molecule has 7 nitrogen and oxygen atoms in total.